The number of nitrogens with zero attached hydrogens (tertiary/aromatic N) is 2. The first kappa shape index (κ1) is 33.7. The Morgan fingerprint density at radius 1 is 0.783 bits per heavy atom. The number of H-pyrrole nitrogens is 1. The Morgan fingerprint density at radius 3 is 1.87 bits per heavy atom. The normalized spacial score (nSPS) is 13.0. The first-order valence-electron chi connectivity index (χ1n) is 13.9. The lowest BCUT2D eigenvalue weighted by molar-refractivity contribution is -0.143. The fraction of sp³-hybridized carbons (Fsp3) is 0.250. The SMILES string of the molecule is CN(Cc1ccccc1)C(=O)C(Cc1cnc[nH]1)NC(=O)C(Cc1ccccc1)NC(=O)c1cc(C(F)(F)F)cc(C(F)(F)F)c1. The maximum atomic E-state index is 13.7. The van der Waals surface area contributed by atoms with Crippen LogP contribution in [0.4, 0.5) is 26.3 Å². The second-order valence-corrected chi connectivity index (χ2v) is 10.5. The Hall–Kier alpha value is -5.14. The van der Waals surface area contributed by atoms with Crippen LogP contribution in [0.3, 0.4) is 0 Å². The predicted molar refractivity (Wildman–Crippen MR) is 155 cm³/mol. The molecular formula is C32H29F6N5O3. The van der Waals surface area contributed by atoms with Gasteiger partial charge in [-0.1, -0.05) is 60.7 Å². The van der Waals surface area contributed by atoms with Crippen LogP contribution in [0.5, 0.6) is 0 Å². The average molecular weight is 646 g/mol. The van der Waals surface area contributed by atoms with Crippen LogP contribution in [0.1, 0.15) is 38.3 Å². The highest BCUT2D eigenvalue weighted by atomic mass is 19.4. The molecule has 14 heteroatoms. The molecule has 0 aliphatic carbocycles. The first-order valence-corrected chi connectivity index (χ1v) is 13.9. The number of nitrogens with one attached hydrogen (secondary N) is 3. The number of rotatable bonds is 11. The van der Waals surface area contributed by atoms with E-state index in [4.69, 9.17) is 0 Å². The van der Waals surface area contributed by atoms with E-state index >= 15 is 0 Å². The van der Waals surface area contributed by atoms with Crippen LogP contribution in [0, 0.1) is 0 Å². The van der Waals surface area contributed by atoms with E-state index in [1.54, 1.807) is 42.5 Å². The van der Waals surface area contributed by atoms with E-state index in [-0.39, 0.29) is 37.6 Å². The van der Waals surface area contributed by atoms with Gasteiger partial charge in [-0.05, 0) is 29.3 Å². The summed E-state index contributed by atoms with van der Waals surface area (Å²) < 4.78 is 80.7. The third-order valence-electron chi connectivity index (χ3n) is 6.99. The standard InChI is InChI=1S/C32H29F6N5O3/c1-43(18-21-10-6-3-7-11-21)30(46)27(16-25-17-39-19-40-25)42-29(45)26(12-20-8-4-2-5-9-20)41-28(44)22-13-23(31(33,34)35)15-24(14-22)32(36,37)38/h2-11,13-15,17,19,26-27H,12,16,18H2,1H3,(H,39,40)(H,41,44)(H,42,45). The second-order valence-electron chi connectivity index (χ2n) is 10.5. The molecule has 0 aliphatic rings. The van der Waals surface area contributed by atoms with Gasteiger partial charge in [-0.15, -0.1) is 0 Å². The van der Waals surface area contributed by atoms with Crippen LogP contribution in [-0.4, -0.2) is 51.7 Å². The molecule has 1 heterocycles. The Bertz CT molecular complexity index is 1600. The van der Waals surface area contributed by atoms with E-state index in [9.17, 15) is 40.7 Å². The summed E-state index contributed by atoms with van der Waals surface area (Å²) in [6, 6.07) is 15.1. The molecule has 242 valence electrons. The quantitative estimate of drug-likeness (QED) is 0.196. The molecule has 3 N–H and O–H groups in total. The van der Waals surface area contributed by atoms with Gasteiger partial charge < -0.3 is 20.5 Å². The van der Waals surface area contributed by atoms with Crippen molar-refractivity contribution in [2.45, 2.75) is 43.8 Å². The molecule has 46 heavy (non-hydrogen) atoms. The molecule has 4 rings (SSSR count). The number of carbonyl (C=O) groups is 3. The summed E-state index contributed by atoms with van der Waals surface area (Å²) in [4.78, 5) is 48.6. The summed E-state index contributed by atoms with van der Waals surface area (Å²) in [5.41, 5.74) is -2.45. The lowest BCUT2D eigenvalue weighted by Crippen LogP contribution is -2.55. The third-order valence-corrected chi connectivity index (χ3v) is 6.99. The average Bonchev–Trinajstić information content (AvgIpc) is 3.53. The monoisotopic (exact) mass is 645 g/mol. The van der Waals surface area contributed by atoms with Crippen LogP contribution in [0.25, 0.3) is 0 Å². The van der Waals surface area contributed by atoms with Crippen LogP contribution in [0.15, 0.2) is 91.4 Å². The molecule has 2 atom stereocenters. The zero-order valence-corrected chi connectivity index (χ0v) is 24.3. The molecular weight excluding hydrogens is 616 g/mol. The van der Waals surface area contributed by atoms with E-state index in [0.717, 1.165) is 5.56 Å². The van der Waals surface area contributed by atoms with Crippen LogP contribution >= 0.6 is 0 Å². The molecule has 0 radical (unpaired) electrons. The summed E-state index contributed by atoms with van der Waals surface area (Å²) in [5, 5.41) is 4.90. The molecule has 0 saturated heterocycles. The van der Waals surface area contributed by atoms with Crippen molar-refractivity contribution in [3.8, 4) is 0 Å². The van der Waals surface area contributed by atoms with Crippen molar-refractivity contribution >= 4 is 17.7 Å². The lowest BCUT2D eigenvalue weighted by atomic mass is 10.0. The van der Waals surface area contributed by atoms with Crippen molar-refractivity contribution in [1.82, 2.24) is 25.5 Å². The Morgan fingerprint density at radius 2 is 1.35 bits per heavy atom. The summed E-state index contributed by atoms with van der Waals surface area (Å²) in [6.45, 7) is 0.205. The molecule has 2 unspecified atom stereocenters. The maximum absolute atomic E-state index is 13.7. The van der Waals surface area contributed by atoms with E-state index in [0.29, 0.717) is 11.3 Å². The molecule has 4 aromatic rings. The number of benzene rings is 3. The highest BCUT2D eigenvalue weighted by molar-refractivity contribution is 5.99. The van der Waals surface area contributed by atoms with Crippen molar-refractivity contribution < 1.29 is 40.7 Å². The number of likely N-dealkylation sites (N-methyl/N-ethyl adjacent to an activating group) is 1. The van der Waals surface area contributed by atoms with Gasteiger partial charge in [0.05, 0.1) is 17.5 Å². The van der Waals surface area contributed by atoms with Crippen molar-refractivity contribution in [3.63, 3.8) is 0 Å². The van der Waals surface area contributed by atoms with Gasteiger partial charge in [0.1, 0.15) is 12.1 Å². The molecule has 3 aromatic carbocycles. The Labute approximate surface area is 259 Å². The summed E-state index contributed by atoms with van der Waals surface area (Å²) in [7, 11) is 1.54. The number of alkyl halides is 6. The number of hydrogen-bond acceptors (Lipinski definition) is 4. The van der Waals surface area contributed by atoms with Gasteiger partial charge in [0.2, 0.25) is 11.8 Å². The topological polar surface area (TPSA) is 107 Å². The van der Waals surface area contributed by atoms with Gasteiger partial charge in [0.25, 0.3) is 5.91 Å². The minimum atomic E-state index is -5.18. The van der Waals surface area contributed by atoms with E-state index in [2.05, 4.69) is 20.6 Å². The van der Waals surface area contributed by atoms with Crippen molar-refractivity contribution in [2.24, 2.45) is 0 Å². The fourth-order valence-corrected chi connectivity index (χ4v) is 4.68. The van der Waals surface area contributed by atoms with E-state index < -0.39 is 58.8 Å². The highest BCUT2D eigenvalue weighted by Crippen LogP contribution is 2.36. The van der Waals surface area contributed by atoms with Gasteiger partial charge in [-0.25, -0.2) is 4.98 Å². The van der Waals surface area contributed by atoms with Gasteiger partial charge in [0.15, 0.2) is 0 Å². The first-order chi connectivity index (χ1) is 21.7. The number of halogens is 6. The number of amides is 3. The van der Waals surface area contributed by atoms with E-state index in [1.807, 2.05) is 18.2 Å². The zero-order chi connectivity index (χ0) is 33.5. The number of aromatic amines is 1. The highest BCUT2D eigenvalue weighted by Gasteiger charge is 2.38. The zero-order valence-electron chi connectivity index (χ0n) is 24.3. The van der Waals surface area contributed by atoms with Crippen molar-refractivity contribution in [3.05, 3.63) is 125 Å². The van der Waals surface area contributed by atoms with Gasteiger partial charge in [-0.2, -0.15) is 26.3 Å². The van der Waals surface area contributed by atoms with Crippen molar-refractivity contribution in [1.29, 1.82) is 0 Å². The maximum Gasteiger partial charge on any atom is 0.416 e. The Kier molecular flexibility index (Phi) is 10.5. The molecule has 3 amide bonds. The van der Waals surface area contributed by atoms with E-state index in [1.165, 1.54) is 24.5 Å². The van der Waals surface area contributed by atoms with Gasteiger partial charge in [0, 0.05) is 43.9 Å². The minimum absolute atomic E-state index is 0.0295. The molecule has 0 saturated carbocycles. The van der Waals surface area contributed by atoms with Crippen LogP contribution in [-0.2, 0) is 41.3 Å². The second kappa shape index (κ2) is 14.3. The van der Waals surface area contributed by atoms with Gasteiger partial charge >= 0.3 is 12.4 Å². The van der Waals surface area contributed by atoms with Crippen molar-refractivity contribution in [2.75, 3.05) is 7.05 Å². The number of hydrogen-bond donors (Lipinski definition) is 3. The molecule has 0 aliphatic heterocycles. The summed E-state index contributed by atoms with van der Waals surface area (Å²) in [5.74, 6) is -2.72. The van der Waals surface area contributed by atoms with Crippen LogP contribution < -0.4 is 10.6 Å². The largest absolute Gasteiger partial charge is 0.416 e. The predicted octanol–water partition coefficient (Wildman–Crippen LogP) is 5.17. The summed E-state index contributed by atoms with van der Waals surface area (Å²) in [6.07, 6.45) is -7.73. The molecule has 0 bridgehead atoms. The van der Waals surface area contributed by atoms with Gasteiger partial charge in [-0.3, -0.25) is 14.4 Å². The fourth-order valence-electron chi connectivity index (χ4n) is 4.68. The van der Waals surface area contributed by atoms with Crippen LogP contribution in [0.2, 0.25) is 0 Å². The molecule has 0 spiro atoms. The number of imidazole rings is 1. The summed E-state index contributed by atoms with van der Waals surface area (Å²) >= 11 is 0. The minimum Gasteiger partial charge on any atom is -0.348 e. The molecule has 8 nitrogen and oxygen atoms in total. The number of aromatic nitrogens is 2. The number of carbonyl (C=O) groups excluding carboxylic acids is 3. The molecule has 0 fully saturated rings. The molecule has 1 aromatic heterocycles. The lowest BCUT2D eigenvalue weighted by Gasteiger charge is -2.27. The smallest absolute Gasteiger partial charge is 0.348 e. The third kappa shape index (κ3) is 9.19. The Balaban J connectivity index is 1.63.